The Morgan fingerprint density at radius 3 is 2.00 bits per heavy atom. The molecule has 208 valence electrons. The fourth-order valence-electron chi connectivity index (χ4n) is 4.05. The average Bonchev–Trinajstić information content (AvgIpc) is 2.86. The van der Waals surface area contributed by atoms with Crippen LogP contribution in [0.5, 0.6) is 0 Å². The second kappa shape index (κ2) is 12.9. The smallest absolute Gasteiger partial charge is 0.244 e. The van der Waals surface area contributed by atoms with Crippen molar-refractivity contribution in [2.24, 2.45) is 0 Å². The van der Waals surface area contributed by atoms with Gasteiger partial charge in [-0.15, -0.1) is 0 Å². The van der Waals surface area contributed by atoms with Gasteiger partial charge in [0.25, 0.3) is 0 Å². The van der Waals surface area contributed by atoms with Gasteiger partial charge in [0.15, 0.2) is 0 Å². The highest BCUT2D eigenvalue weighted by Crippen LogP contribution is 2.25. The van der Waals surface area contributed by atoms with Crippen LogP contribution in [0.15, 0.2) is 78.9 Å². The van der Waals surface area contributed by atoms with Gasteiger partial charge in [-0.05, 0) is 56.2 Å². The molecule has 0 radical (unpaired) electrons. The Hall–Kier alpha value is -3.07. The summed E-state index contributed by atoms with van der Waals surface area (Å²) in [5.41, 5.74) is 1.28. The number of amides is 2. The van der Waals surface area contributed by atoms with Gasteiger partial charge in [-0.3, -0.25) is 13.9 Å². The third-order valence-corrected chi connectivity index (χ3v) is 7.71. The molecule has 7 nitrogen and oxygen atoms in total. The van der Waals surface area contributed by atoms with E-state index >= 15 is 0 Å². The zero-order valence-electron chi connectivity index (χ0n) is 22.4. The quantitative estimate of drug-likeness (QED) is 0.347. The molecule has 0 unspecified atom stereocenters. The Morgan fingerprint density at radius 2 is 1.46 bits per heavy atom. The molecule has 10 heteroatoms. The molecule has 0 saturated carbocycles. The summed E-state index contributed by atoms with van der Waals surface area (Å²) in [6.07, 6.45) is 1.27. The van der Waals surface area contributed by atoms with E-state index in [1.54, 1.807) is 48.5 Å². The molecule has 2 amide bonds. The Bertz CT molecular complexity index is 1400. The van der Waals surface area contributed by atoms with Crippen LogP contribution < -0.4 is 9.62 Å². The number of para-hydroxylation sites is 1. The molecular weight excluding hydrogens is 557 g/mol. The van der Waals surface area contributed by atoms with Crippen LogP contribution in [0.2, 0.25) is 10.0 Å². The highest BCUT2D eigenvalue weighted by molar-refractivity contribution is 7.92. The van der Waals surface area contributed by atoms with Crippen molar-refractivity contribution in [1.82, 2.24) is 10.2 Å². The van der Waals surface area contributed by atoms with Crippen LogP contribution in [-0.4, -0.2) is 49.5 Å². The number of benzene rings is 3. The molecule has 0 aliphatic carbocycles. The third-order valence-electron chi connectivity index (χ3n) is 5.83. The highest BCUT2D eigenvalue weighted by Gasteiger charge is 2.34. The Morgan fingerprint density at radius 1 is 0.872 bits per heavy atom. The van der Waals surface area contributed by atoms with Crippen LogP contribution in [-0.2, 0) is 32.6 Å². The number of hydrogen-bond acceptors (Lipinski definition) is 4. The van der Waals surface area contributed by atoms with E-state index in [9.17, 15) is 18.0 Å². The van der Waals surface area contributed by atoms with Gasteiger partial charge < -0.3 is 10.2 Å². The molecule has 39 heavy (non-hydrogen) atoms. The number of carbonyl (C=O) groups is 2. The van der Waals surface area contributed by atoms with Gasteiger partial charge in [0, 0.05) is 18.5 Å². The van der Waals surface area contributed by atoms with Gasteiger partial charge in [-0.2, -0.15) is 0 Å². The maximum Gasteiger partial charge on any atom is 0.244 e. The van der Waals surface area contributed by atoms with E-state index in [4.69, 9.17) is 23.2 Å². The standard InChI is InChI=1S/C29H33Cl2N3O4S/c1-29(2,3)32-28(36)26(18-21-11-7-5-8-12-21)33(19-22-15-16-24(30)25(31)17-22)27(35)20-34(39(4,37)38)23-13-9-6-10-14-23/h5-17,26H,18-20H2,1-4H3,(H,32,36)/t26-/m0/s1. The summed E-state index contributed by atoms with van der Waals surface area (Å²) >= 11 is 12.4. The van der Waals surface area contributed by atoms with Crippen LogP contribution in [0.25, 0.3) is 0 Å². The van der Waals surface area contributed by atoms with Gasteiger partial charge in [0.05, 0.1) is 22.0 Å². The topological polar surface area (TPSA) is 86.8 Å². The Kier molecular flexibility index (Phi) is 10.0. The minimum absolute atomic E-state index is 0.0111. The number of nitrogens with one attached hydrogen (secondary N) is 1. The molecule has 1 N–H and O–H groups in total. The molecular formula is C29H33Cl2N3O4S. The van der Waals surface area contributed by atoms with Crippen molar-refractivity contribution in [3.63, 3.8) is 0 Å². The van der Waals surface area contributed by atoms with Crippen LogP contribution in [0.3, 0.4) is 0 Å². The van der Waals surface area contributed by atoms with Gasteiger partial charge in [0.2, 0.25) is 21.8 Å². The van der Waals surface area contributed by atoms with Crippen molar-refractivity contribution in [2.75, 3.05) is 17.1 Å². The summed E-state index contributed by atoms with van der Waals surface area (Å²) in [6, 6.07) is 21.8. The third kappa shape index (κ3) is 8.98. The van der Waals surface area contributed by atoms with E-state index in [2.05, 4.69) is 5.32 Å². The van der Waals surface area contributed by atoms with Crippen molar-refractivity contribution in [1.29, 1.82) is 0 Å². The first-order chi connectivity index (χ1) is 18.2. The van der Waals surface area contributed by atoms with E-state index < -0.39 is 34.1 Å². The molecule has 1 atom stereocenters. The molecule has 0 aromatic heterocycles. The number of carbonyl (C=O) groups excluding carboxylic acids is 2. The van der Waals surface area contributed by atoms with Gasteiger partial charge in [-0.25, -0.2) is 8.42 Å². The molecule has 0 aliphatic heterocycles. The number of hydrogen-bond donors (Lipinski definition) is 1. The molecule has 0 aliphatic rings. The van der Waals surface area contributed by atoms with Crippen molar-refractivity contribution >= 4 is 50.7 Å². The first-order valence-electron chi connectivity index (χ1n) is 12.4. The predicted octanol–water partition coefficient (Wildman–Crippen LogP) is 5.31. The number of halogens is 2. The van der Waals surface area contributed by atoms with Gasteiger partial charge in [-0.1, -0.05) is 77.8 Å². The lowest BCUT2D eigenvalue weighted by Gasteiger charge is -2.35. The minimum atomic E-state index is -3.82. The number of rotatable bonds is 10. The van der Waals surface area contributed by atoms with E-state index in [1.165, 1.54) is 4.90 Å². The van der Waals surface area contributed by atoms with E-state index in [0.717, 1.165) is 16.1 Å². The molecule has 0 heterocycles. The average molecular weight is 591 g/mol. The first kappa shape index (κ1) is 30.5. The fraction of sp³-hybridized carbons (Fsp3) is 0.310. The summed E-state index contributed by atoms with van der Waals surface area (Å²) < 4.78 is 26.6. The monoisotopic (exact) mass is 589 g/mol. The summed E-state index contributed by atoms with van der Waals surface area (Å²) in [4.78, 5) is 29.1. The first-order valence-corrected chi connectivity index (χ1v) is 15.0. The van der Waals surface area contributed by atoms with Crippen molar-refractivity contribution in [2.45, 2.75) is 45.3 Å². The maximum atomic E-state index is 14.0. The molecule has 3 aromatic rings. The second-order valence-corrected chi connectivity index (χ2v) is 13.0. The van der Waals surface area contributed by atoms with E-state index in [-0.39, 0.29) is 18.9 Å². The van der Waals surface area contributed by atoms with Crippen molar-refractivity contribution in [3.05, 3.63) is 100 Å². The lowest BCUT2D eigenvalue weighted by atomic mass is 10.0. The molecule has 0 saturated heterocycles. The summed E-state index contributed by atoms with van der Waals surface area (Å²) in [6.45, 7) is 5.10. The summed E-state index contributed by atoms with van der Waals surface area (Å²) in [5.74, 6) is -0.897. The fourth-order valence-corrected chi connectivity index (χ4v) is 5.22. The summed E-state index contributed by atoms with van der Waals surface area (Å²) in [7, 11) is -3.82. The molecule has 3 aromatic carbocycles. The van der Waals surface area contributed by atoms with Crippen LogP contribution in [0.4, 0.5) is 5.69 Å². The highest BCUT2D eigenvalue weighted by atomic mass is 35.5. The number of nitrogens with zero attached hydrogens (tertiary/aromatic N) is 2. The predicted molar refractivity (Wildman–Crippen MR) is 157 cm³/mol. The van der Waals surface area contributed by atoms with Crippen LogP contribution >= 0.6 is 23.2 Å². The molecule has 0 fully saturated rings. The van der Waals surface area contributed by atoms with Gasteiger partial charge in [0.1, 0.15) is 12.6 Å². The lowest BCUT2D eigenvalue weighted by Crippen LogP contribution is -2.56. The van der Waals surface area contributed by atoms with E-state index in [1.807, 2.05) is 51.1 Å². The summed E-state index contributed by atoms with van der Waals surface area (Å²) in [5, 5.41) is 3.65. The second-order valence-electron chi connectivity index (χ2n) is 10.3. The lowest BCUT2D eigenvalue weighted by molar-refractivity contribution is -0.140. The van der Waals surface area contributed by atoms with Crippen LogP contribution in [0, 0.1) is 0 Å². The van der Waals surface area contributed by atoms with Gasteiger partial charge >= 0.3 is 0 Å². The van der Waals surface area contributed by atoms with E-state index in [0.29, 0.717) is 21.3 Å². The SMILES string of the molecule is CC(C)(C)NC(=O)[C@H](Cc1ccccc1)N(Cc1ccc(Cl)c(Cl)c1)C(=O)CN(c1ccccc1)S(C)(=O)=O. The normalized spacial score (nSPS) is 12.5. The Balaban J connectivity index is 2.08. The zero-order chi connectivity index (χ0) is 28.8. The van der Waals surface area contributed by atoms with Crippen LogP contribution in [0.1, 0.15) is 31.9 Å². The van der Waals surface area contributed by atoms with Crippen molar-refractivity contribution in [3.8, 4) is 0 Å². The molecule has 3 rings (SSSR count). The molecule has 0 bridgehead atoms. The zero-order valence-corrected chi connectivity index (χ0v) is 24.7. The molecule has 0 spiro atoms. The maximum absolute atomic E-state index is 14.0. The number of sulfonamides is 1. The van der Waals surface area contributed by atoms with Crippen molar-refractivity contribution < 1.29 is 18.0 Å². The minimum Gasteiger partial charge on any atom is -0.350 e. The number of anilines is 1. The Labute approximate surface area is 240 Å². The largest absolute Gasteiger partial charge is 0.350 e.